The Morgan fingerprint density at radius 3 is 2.61 bits per heavy atom. The molecule has 0 unspecified atom stereocenters. The molecule has 0 spiro atoms. The number of carbonyl (C=O) groups is 1. The fourth-order valence-corrected chi connectivity index (χ4v) is 3.91. The largest absolute Gasteiger partial charge is 0.411 e. The maximum atomic E-state index is 12.5. The lowest BCUT2D eigenvalue weighted by Crippen LogP contribution is -2.33. The molecule has 0 bridgehead atoms. The number of hydrogen-bond donors (Lipinski definition) is 1. The molecule has 146 valence electrons. The monoisotopic (exact) mass is 435 g/mol. The molecule has 2 aromatic carbocycles. The van der Waals surface area contributed by atoms with Crippen molar-refractivity contribution in [2.24, 2.45) is 0 Å². The minimum atomic E-state index is -0.418. The zero-order chi connectivity index (χ0) is 20.3. The highest BCUT2D eigenvalue weighted by atomic mass is 35.5. The van der Waals surface area contributed by atoms with Crippen molar-refractivity contribution in [2.75, 3.05) is 0 Å². The van der Waals surface area contributed by atoms with Gasteiger partial charge in [0.1, 0.15) is 0 Å². The van der Waals surface area contributed by atoms with Gasteiger partial charge >= 0.3 is 0 Å². The lowest BCUT2D eigenvalue weighted by atomic mass is 10.1. The second-order valence-corrected chi connectivity index (χ2v) is 8.48. The van der Waals surface area contributed by atoms with E-state index in [-0.39, 0.29) is 11.9 Å². The Morgan fingerprint density at radius 1 is 1.14 bits per heavy atom. The Labute approximate surface area is 177 Å². The quantitative estimate of drug-likeness (QED) is 0.502. The van der Waals surface area contributed by atoms with Gasteiger partial charge in [-0.25, -0.2) is 0 Å². The fourth-order valence-electron chi connectivity index (χ4n) is 2.65. The normalized spacial score (nSPS) is 13.2. The average Bonchev–Trinajstić information content (AvgIpc) is 3.10. The van der Waals surface area contributed by atoms with Gasteiger partial charge in [-0.1, -0.05) is 59.2 Å². The Bertz CT molecular complexity index is 993. The molecule has 0 aliphatic heterocycles. The van der Waals surface area contributed by atoms with Gasteiger partial charge in [-0.15, -0.1) is 10.2 Å². The van der Waals surface area contributed by atoms with Crippen LogP contribution in [0, 0.1) is 6.92 Å². The Kier molecular flexibility index (Phi) is 6.65. The molecule has 2 atom stereocenters. The fraction of sp³-hybridized carbons (Fsp3) is 0.250. The van der Waals surface area contributed by atoms with Gasteiger partial charge in [0.2, 0.25) is 11.8 Å². The van der Waals surface area contributed by atoms with E-state index >= 15 is 0 Å². The second kappa shape index (κ2) is 8.99. The summed E-state index contributed by atoms with van der Waals surface area (Å²) in [7, 11) is 0. The van der Waals surface area contributed by atoms with Crippen molar-refractivity contribution < 1.29 is 9.21 Å². The first-order chi connectivity index (χ1) is 13.3. The molecule has 8 heteroatoms. The molecule has 3 rings (SSSR count). The van der Waals surface area contributed by atoms with Gasteiger partial charge in [-0.05, 0) is 50.1 Å². The summed E-state index contributed by atoms with van der Waals surface area (Å²) in [5, 5.41) is 12.1. The minimum absolute atomic E-state index is 0.154. The number of benzene rings is 2. The Hall–Kier alpha value is -2.02. The van der Waals surface area contributed by atoms with Crippen LogP contribution in [0.3, 0.4) is 0 Å². The molecular weight excluding hydrogens is 417 g/mol. The number of carbonyl (C=O) groups excluding carboxylic acids is 1. The van der Waals surface area contributed by atoms with Crippen LogP contribution in [0.25, 0.3) is 11.5 Å². The molecule has 1 amide bonds. The van der Waals surface area contributed by atoms with Gasteiger partial charge in [-0.2, -0.15) is 0 Å². The summed E-state index contributed by atoms with van der Waals surface area (Å²) >= 11 is 13.4. The highest BCUT2D eigenvalue weighted by Crippen LogP contribution is 2.29. The Morgan fingerprint density at radius 2 is 1.89 bits per heavy atom. The van der Waals surface area contributed by atoms with Crippen LogP contribution in [0.2, 0.25) is 10.0 Å². The van der Waals surface area contributed by atoms with Crippen molar-refractivity contribution in [1.29, 1.82) is 0 Å². The number of amides is 1. The number of thioether (sulfide) groups is 1. The van der Waals surface area contributed by atoms with E-state index in [1.807, 2.05) is 38.1 Å². The number of aromatic nitrogens is 2. The van der Waals surface area contributed by atoms with Crippen LogP contribution >= 0.6 is 35.0 Å². The molecule has 0 aliphatic carbocycles. The maximum Gasteiger partial charge on any atom is 0.277 e. The van der Waals surface area contributed by atoms with Gasteiger partial charge < -0.3 is 9.73 Å². The van der Waals surface area contributed by atoms with Gasteiger partial charge in [-0.3, -0.25) is 4.79 Å². The highest BCUT2D eigenvalue weighted by molar-refractivity contribution is 8.00. The van der Waals surface area contributed by atoms with Crippen LogP contribution in [-0.4, -0.2) is 21.4 Å². The third-order valence-corrected chi connectivity index (χ3v) is 5.71. The molecular formula is C20H19Cl2N3O2S. The van der Waals surface area contributed by atoms with E-state index in [4.69, 9.17) is 27.6 Å². The summed E-state index contributed by atoms with van der Waals surface area (Å²) in [5.41, 5.74) is 2.73. The standard InChI is InChI=1S/C20H19Cl2N3O2S/c1-11-6-4-5-7-15(11)19-24-25-20(27-19)28-13(3)18(26)23-12(2)16-9-8-14(21)10-17(16)22/h4-10,12-13H,1-3H3,(H,23,26)/t12-,13+/m1/s1. The number of nitrogens with one attached hydrogen (secondary N) is 1. The van der Waals surface area contributed by atoms with Crippen molar-refractivity contribution in [2.45, 2.75) is 37.3 Å². The molecule has 1 heterocycles. The average molecular weight is 436 g/mol. The first-order valence-corrected chi connectivity index (χ1v) is 10.3. The second-order valence-electron chi connectivity index (χ2n) is 6.34. The molecule has 0 radical (unpaired) electrons. The zero-order valence-corrected chi connectivity index (χ0v) is 17.9. The van der Waals surface area contributed by atoms with E-state index in [0.29, 0.717) is 21.2 Å². The highest BCUT2D eigenvalue weighted by Gasteiger charge is 2.21. The molecule has 3 aromatic rings. The van der Waals surface area contributed by atoms with Gasteiger partial charge in [0, 0.05) is 15.6 Å². The van der Waals surface area contributed by atoms with E-state index in [2.05, 4.69) is 15.5 Å². The predicted molar refractivity (Wildman–Crippen MR) is 113 cm³/mol. The smallest absolute Gasteiger partial charge is 0.277 e. The van der Waals surface area contributed by atoms with Crippen molar-refractivity contribution in [1.82, 2.24) is 15.5 Å². The van der Waals surface area contributed by atoms with Crippen molar-refractivity contribution >= 4 is 40.9 Å². The number of hydrogen-bond acceptors (Lipinski definition) is 5. The topological polar surface area (TPSA) is 68.0 Å². The van der Waals surface area contributed by atoms with Crippen molar-refractivity contribution in [3.8, 4) is 11.5 Å². The number of rotatable bonds is 6. The molecule has 0 fully saturated rings. The molecule has 1 aromatic heterocycles. The van der Waals surface area contributed by atoms with Crippen LogP contribution in [0.1, 0.15) is 31.0 Å². The Balaban J connectivity index is 1.64. The molecule has 0 saturated heterocycles. The third kappa shape index (κ3) is 4.87. The van der Waals surface area contributed by atoms with E-state index in [0.717, 1.165) is 16.7 Å². The van der Waals surface area contributed by atoms with Crippen molar-refractivity contribution in [3.63, 3.8) is 0 Å². The molecule has 5 nitrogen and oxygen atoms in total. The van der Waals surface area contributed by atoms with E-state index in [1.165, 1.54) is 11.8 Å². The van der Waals surface area contributed by atoms with Gasteiger partial charge in [0.05, 0.1) is 11.3 Å². The molecule has 1 N–H and O–H groups in total. The maximum absolute atomic E-state index is 12.5. The first kappa shape index (κ1) is 20.7. The third-order valence-electron chi connectivity index (χ3n) is 4.22. The summed E-state index contributed by atoms with van der Waals surface area (Å²) in [4.78, 5) is 12.5. The van der Waals surface area contributed by atoms with E-state index in [9.17, 15) is 4.79 Å². The molecule has 0 aliphatic rings. The minimum Gasteiger partial charge on any atom is -0.411 e. The van der Waals surface area contributed by atoms with E-state index in [1.54, 1.807) is 25.1 Å². The van der Waals surface area contributed by atoms with Gasteiger partial charge in [0.15, 0.2) is 0 Å². The predicted octanol–water partition coefficient (Wildman–Crippen LogP) is 5.71. The zero-order valence-electron chi connectivity index (χ0n) is 15.6. The number of halogens is 2. The van der Waals surface area contributed by atoms with Crippen LogP contribution in [0.5, 0.6) is 0 Å². The SMILES string of the molecule is Cc1ccccc1-c1nnc(S[C@@H](C)C(=O)N[C@H](C)c2ccc(Cl)cc2Cl)o1. The lowest BCUT2D eigenvalue weighted by Gasteiger charge is -2.18. The number of aryl methyl sites for hydroxylation is 1. The summed E-state index contributed by atoms with van der Waals surface area (Å²) in [6, 6.07) is 12.7. The van der Waals surface area contributed by atoms with Crippen molar-refractivity contribution in [3.05, 3.63) is 63.6 Å². The van der Waals surface area contributed by atoms with Crippen LogP contribution in [0.4, 0.5) is 0 Å². The van der Waals surface area contributed by atoms with Crippen LogP contribution in [0.15, 0.2) is 52.1 Å². The van der Waals surface area contributed by atoms with Gasteiger partial charge in [0.25, 0.3) is 5.22 Å². The summed E-state index contributed by atoms with van der Waals surface area (Å²) in [5.74, 6) is 0.286. The molecule has 0 saturated carbocycles. The summed E-state index contributed by atoms with van der Waals surface area (Å²) in [6.45, 7) is 5.63. The van der Waals surface area contributed by atoms with Crippen LogP contribution < -0.4 is 5.32 Å². The first-order valence-electron chi connectivity index (χ1n) is 8.66. The summed E-state index contributed by atoms with van der Waals surface area (Å²) < 4.78 is 5.72. The molecule has 28 heavy (non-hydrogen) atoms. The number of nitrogens with zero attached hydrogens (tertiary/aromatic N) is 2. The van der Waals surface area contributed by atoms with E-state index < -0.39 is 5.25 Å². The lowest BCUT2D eigenvalue weighted by molar-refractivity contribution is -0.120. The summed E-state index contributed by atoms with van der Waals surface area (Å²) in [6.07, 6.45) is 0. The van der Waals surface area contributed by atoms with Crippen LogP contribution in [-0.2, 0) is 4.79 Å².